The lowest BCUT2D eigenvalue weighted by atomic mass is 10.0. The van der Waals surface area contributed by atoms with E-state index < -0.39 is 64.0 Å². The van der Waals surface area contributed by atoms with Crippen molar-refractivity contribution in [2.75, 3.05) is 11.5 Å². The maximum absolute atomic E-state index is 13.2. The average Bonchev–Trinajstić information content (AvgIpc) is 3.14. The standard InChI is InChI=1S/C22H30N4O8S3/c1-22(2)16(21(33)34)26-18(37-22)15(25-14(27)8-11-6-4-3-5-7-11)17(28)24-13(20(31)32)10-36-35-9-12(23)19(29)30/h3-7,12-13,15-16,18,26H,8-10,23H2,1-2H3,(H,24,28)(H,25,27)(H,29,30)(H,31,32)(H,33,34)/t12?,13?,15-,16+,18-/m1/s1. The van der Waals surface area contributed by atoms with E-state index in [-0.39, 0.29) is 17.9 Å². The highest BCUT2D eigenvalue weighted by molar-refractivity contribution is 8.76. The zero-order valence-corrected chi connectivity index (χ0v) is 22.5. The van der Waals surface area contributed by atoms with Gasteiger partial charge in [-0.2, -0.15) is 0 Å². The van der Waals surface area contributed by atoms with Crippen LogP contribution in [0.3, 0.4) is 0 Å². The first kappa shape index (κ1) is 30.8. The number of carbonyl (C=O) groups is 5. The molecule has 1 aliphatic heterocycles. The molecule has 0 aliphatic carbocycles. The molecular formula is C22H30N4O8S3. The van der Waals surface area contributed by atoms with Crippen molar-refractivity contribution in [2.24, 2.45) is 5.73 Å². The van der Waals surface area contributed by atoms with Gasteiger partial charge in [0.15, 0.2) is 0 Å². The lowest BCUT2D eigenvalue weighted by Crippen LogP contribution is -2.59. The number of aliphatic carboxylic acids is 3. The van der Waals surface area contributed by atoms with Gasteiger partial charge < -0.3 is 31.7 Å². The van der Waals surface area contributed by atoms with Gasteiger partial charge in [-0.1, -0.05) is 51.9 Å². The van der Waals surface area contributed by atoms with Gasteiger partial charge >= 0.3 is 17.9 Å². The first-order valence-corrected chi connectivity index (χ1v) is 14.4. The molecule has 12 nitrogen and oxygen atoms in total. The largest absolute Gasteiger partial charge is 0.480 e. The second-order valence-electron chi connectivity index (χ2n) is 8.70. The van der Waals surface area contributed by atoms with E-state index >= 15 is 0 Å². The number of carbonyl (C=O) groups excluding carboxylic acids is 2. The highest BCUT2D eigenvalue weighted by Crippen LogP contribution is 2.39. The van der Waals surface area contributed by atoms with Crippen LogP contribution >= 0.6 is 33.3 Å². The predicted molar refractivity (Wildman–Crippen MR) is 142 cm³/mol. The van der Waals surface area contributed by atoms with E-state index in [2.05, 4.69) is 16.0 Å². The Morgan fingerprint density at radius 2 is 1.65 bits per heavy atom. The minimum absolute atomic E-state index is 0.0345. The summed E-state index contributed by atoms with van der Waals surface area (Å²) in [6.45, 7) is 3.39. The molecule has 8 N–H and O–H groups in total. The minimum atomic E-state index is -1.35. The summed E-state index contributed by atoms with van der Waals surface area (Å²) in [6.07, 6.45) is -0.0353. The molecule has 2 rings (SSSR count). The minimum Gasteiger partial charge on any atom is -0.480 e. The molecule has 1 saturated heterocycles. The third kappa shape index (κ3) is 9.41. The number of carboxylic acids is 3. The molecule has 204 valence electrons. The molecule has 37 heavy (non-hydrogen) atoms. The van der Waals surface area contributed by atoms with E-state index in [0.717, 1.165) is 33.3 Å². The summed E-state index contributed by atoms with van der Waals surface area (Å²) in [4.78, 5) is 60.4. The lowest BCUT2D eigenvalue weighted by molar-refractivity contribution is -0.141. The summed E-state index contributed by atoms with van der Waals surface area (Å²) in [6, 6.07) is 4.05. The van der Waals surface area contributed by atoms with Crippen LogP contribution in [0.15, 0.2) is 30.3 Å². The number of nitrogens with two attached hydrogens (primary N) is 1. The first-order chi connectivity index (χ1) is 17.3. The second-order valence-corrected chi connectivity index (χ2v) is 13.0. The molecule has 0 bridgehead atoms. The molecule has 2 unspecified atom stereocenters. The fraction of sp³-hybridized carbons (Fsp3) is 0.500. The Morgan fingerprint density at radius 3 is 2.19 bits per heavy atom. The van der Waals surface area contributed by atoms with Crippen LogP contribution in [0.1, 0.15) is 19.4 Å². The van der Waals surface area contributed by atoms with Crippen molar-refractivity contribution in [3.63, 3.8) is 0 Å². The van der Waals surface area contributed by atoms with Gasteiger partial charge in [0.25, 0.3) is 0 Å². The van der Waals surface area contributed by atoms with Gasteiger partial charge in [-0.25, -0.2) is 4.79 Å². The quantitative estimate of drug-likeness (QED) is 0.115. The highest BCUT2D eigenvalue weighted by Gasteiger charge is 2.49. The highest BCUT2D eigenvalue weighted by atomic mass is 33.1. The van der Waals surface area contributed by atoms with Crippen molar-refractivity contribution in [3.8, 4) is 0 Å². The van der Waals surface area contributed by atoms with Crippen LogP contribution in [-0.2, 0) is 30.4 Å². The maximum Gasteiger partial charge on any atom is 0.327 e. The van der Waals surface area contributed by atoms with E-state index in [1.165, 1.54) is 0 Å². The molecule has 1 aromatic carbocycles. The summed E-state index contributed by atoms with van der Waals surface area (Å²) in [7, 11) is 2.09. The van der Waals surface area contributed by atoms with Crippen molar-refractivity contribution in [2.45, 2.75) is 54.6 Å². The zero-order chi connectivity index (χ0) is 27.8. The van der Waals surface area contributed by atoms with Crippen molar-refractivity contribution < 1.29 is 39.3 Å². The topological polar surface area (TPSA) is 208 Å². The van der Waals surface area contributed by atoms with E-state index in [0.29, 0.717) is 5.56 Å². The Balaban J connectivity index is 2.14. The Bertz CT molecular complexity index is 997. The average molecular weight is 575 g/mol. The summed E-state index contributed by atoms with van der Waals surface area (Å²) in [5, 5.41) is 35.1. The normalized spacial score (nSPS) is 20.8. The summed E-state index contributed by atoms with van der Waals surface area (Å²) in [5.74, 6) is -4.99. The molecule has 1 heterocycles. The third-order valence-corrected chi connectivity index (χ3v) is 9.26. The summed E-state index contributed by atoms with van der Waals surface area (Å²) < 4.78 is -0.819. The number of hydrogen-bond donors (Lipinski definition) is 7. The number of nitrogens with one attached hydrogen (secondary N) is 3. The summed E-state index contributed by atoms with van der Waals surface area (Å²) in [5.41, 5.74) is 6.13. The van der Waals surface area contributed by atoms with Crippen molar-refractivity contribution in [1.82, 2.24) is 16.0 Å². The van der Waals surface area contributed by atoms with Crippen molar-refractivity contribution in [3.05, 3.63) is 35.9 Å². The van der Waals surface area contributed by atoms with Gasteiger partial charge in [0.1, 0.15) is 24.2 Å². The van der Waals surface area contributed by atoms with E-state index in [1.54, 1.807) is 44.2 Å². The molecule has 1 aliphatic rings. The van der Waals surface area contributed by atoms with E-state index in [4.69, 9.17) is 10.8 Å². The summed E-state index contributed by atoms with van der Waals surface area (Å²) >= 11 is 1.16. The molecule has 2 amide bonds. The SMILES string of the molecule is CC1(C)S[C@H]([C@H](NC(=O)Cc2ccccc2)C(=O)NC(CSSCC(N)C(=O)O)C(=O)O)N[C@H]1C(=O)O. The molecule has 0 radical (unpaired) electrons. The van der Waals surface area contributed by atoms with Crippen LogP contribution in [0.2, 0.25) is 0 Å². The second kappa shape index (κ2) is 13.9. The Morgan fingerprint density at radius 1 is 1.03 bits per heavy atom. The molecule has 1 fully saturated rings. The van der Waals surface area contributed by atoms with Gasteiger partial charge in [-0.3, -0.25) is 24.5 Å². The predicted octanol–water partition coefficient (Wildman–Crippen LogP) is -0.0291. The Labute approximate surface area is 225 Å². The zero-order valence-electron chi connectivity index (χ0n) is 20.1. The van der Waals surface area contributed by atoms with Crippen molar-refractivity contribution in [1.29, 1.82) is 0 Å². The maximum atomic E-state index is 13.2. The van der Waals surface area contributed by atoms with Gasteiger partial charge in [0, 0.05) is 16.3 Å². The molecule has 0 spiro atoms. The Hall–Kier alpha value is -2.46. The van der Waals surface area contributed by atoms with Crippen molar-refractivity contribution >= 4 is 63.1 Å². The smallest absolute Gasteiger partial charge is 0.327 e. The molecule has 0 aromatic heterocycles. The van der Waals surface area contributed by atoms with E-state index in [9.17, 15) is 34.2 Å². The van der Waals surface area contributed by atoms with Gasteiger partial charge in [0.05, 0.1) is 11.8 Å². The fourth-order valence-corrected chi connectivity index (χ4v) is 7.12. The fourth-order valence-electron chi connectivity index (χ4n) is 3.36. The molecular weight excluding hydrogens is 544 g/mol. The number of carboxylic acid groups (broad SMARTS) is 3. The number of hydrogen-bond acceptors (Lipinski definition) is 10. The van der Waals surface area contributed by atoms with E-state index in [1.807, 2.05) is 0 Å². The van der Waals surface area contributed by atoms with Gasteiger partial charge in [0.2, 0.25) is 11.8 Å². The molecule has 15 heteroatoms. The van der Waals surface area contributed by atoms with Crippen LogP contribution in [0, 0.1) is 0 Å². The van der Waals surface area contributed by atoms with Gasteiger partial charge in [-0.15, -0.1) is 11.8 Å². The number of benzene rings is 1. The monoisotopic (exact) mass is 574 g/mol. The third-order valence-electron chi connectivity index (χ3n) is 5.31. The first-order valence-electron chi connectivity index (χ1n) is 11.1. The van der Waals surface area contributed by atoms with Crippen LogP contribution < -0.4 is 21.7 Å². The van der Waals surface area contributed by atoms with Crippen LogP contribution in [0.4, 0.5) is 0 Å². The van der Waals surface area contributed by atoms with Gasteiger partial charge in [-0.05, 0) is 19.4 Å². The Kier molecular flexibility index (Phi) is 11.6. The van der Waals surface area contributed by atoms with Crippen LogP contribution in [-0.4, -0.2) is 90.8 Å². The molecule has 1 aromatic rings. The number of thioether (sulfide) groups is 1. The van der Waals surface area contributed by atoms with Crippen LogP contribution in [0.25, 0.3) is 0 Å². The lowest BCUT2D eigenvalue weighted by Gasteiger charge is -2.26. The number of rotatable bonds is 14. The van der Waals surface area contributed by atoms with Crippen LogP contribution in [0.5, 0.6) is 0 Å². The number of amides is 2. The molecule has 5 atom stereocenters. The molecule has 0 saturated carbocycles.